The van der Waals surface area contributed by atoms with E-state index in [1.807, 2.05) is 6.92 Å². The summed E-state index contributed by atoms with van der Waals surface area (Å²) in [5.74, 6) is 2.54. The van der Waals surface area contributed by atoms with E-state index >= 15 is 0 Å². The Balaban J connectivity index is 2.93. The van der Waals surface area contributed by atoms with Crippen molar-refractivity contribution in [2.45, 2.75) is 19.6 Å². The number of aryl methyl sites for hydroxylation is 1. The van der Waals surface area contributed by atoms with Gasteiger partial charge in [0.2, 0.25) is 0 Å². The van der Waals surface area contributed by atoms with E-state index in [0.29, 0.717) is 4.47 Å². The van der Waals surface area contributed by atoms with Gasteiger partial charge in [-0.2, -0.15) is 11.8 Å². The van der Waals surface area contributed by atoms with Crippen LogP contribution >= 0.6 is 27.7 Å². The fourth-order valence-electron chi connectivity index (χ4n) is 0.897. The third-order valence-corrected chi connectivity index (χ3v) is 3.34. The largest absolute Gasteiger partial charge is 0.309 e. The smallest absolute Gasteiger partial charge is 0.265 e. The van der Waals surface area contributed by atoms with Gasteiger partial charge in [-0.05, 0) is 28.6 Å². The molecule has 0 atom stereocenters. The van der Waals surface area contributed by atoms with Crippen LogP contribution in [0.4, 0.5) is 0 Å². The van der Waals surface area contributed by atoms with Gasteiger partial charge >= 0.3 is 0 Å². The Kier molecular flexibility index (Phi) is 3.99. The van der Waals surface area contributed by atoms with Crippen molar-refractivity contribution < 1.29 is 0 Å². The summed E-state index contributed by atoms with van der Waals surface area (Å²) in [6, 6.07) is 0. The number of aromatic amines is 1. The quantitative estimate of drug-likeness (QED) is 0.908. The Bertz CT molecular complexity index is 350. The van der Waals surface area contributed by atoms with Crippen LogP contribution in [0.25, 0.3) is 0 Å². The molecule has 0 amide bonds. The lowest BCUT2D eigenvalue weighted by molar-refractivity contribution is 0.954. The summed E-state index contributed by atoms with van der Waals surface area (Å²) in [6.45, 7) is 3.90. The molecule has 0 fully saturated rings. The summed E-state index contributed by atoms with van der Waals surface area (Å²) < 4.78 is 0.526. The van der Waals surface area contributed by atoms with Crippen LogP contribution in [0.5, 0.6) is 0 Å². The fourth-order valence-corrected chi connectivity index (χ4v) is 1.62. The molecule has 1 rings (SSSR count). The monoisotopic (exact) mass is 262 g/mol. The van der Waals surface area contributed by atoms with E-state index < -0.39 is 0 Å². The van der Waals surface area contributed by atoms with Crippen LogP contribution in [0.1, 0.15) is 18.4 Å². The first kappa shape index (κ1) is 10.8. The summed E-state index contributed by atoms with van der Waals surface area (Å²) in [4.78, 5) is 18.2. The first-order valence-corrected chi connectivity index (χ1v) is 5.93. The summed E-state index contributed by atoms with van der Waals surface area (Å²) in [7, 11) is 0. The number of hydrogen-bond acceptors (Lipinski definition) is 3. The summed E-state index contributed by atoms with van der Waals surface area (Å²) in [5.41, 5.74) is 0.648. The molecule has 0 aliphatic carbocycles. The van der Waals surface area contributed by atoms with Gasteiger partial charge in [-0.25, -0.2) is 4.98 Å². The molecule has 0 bridgehead atoms. The molecule has 0 aliphatic rings. The van der Waals surface area contributed by atoms with Crippen molar-refractivity contribution in [2.75, 3.05) is 5.75 Å². The second kappa shape index (κ2) is 4.81. The molecule has 0 saturated heterocycles. The van der Waals surface area contributed by atoms with Gasteiger partial charge in [0.25, 0.3) is 5.56 Å². The molecule has 0 aliphatic heterocycles. The molecule has 72 valence electrons. The van der Waals surface area contributed by atoms with Gasteiger partial charge < -0.3 is 4.98 Å². The minimum atomic E-state index is -0.0980. The van der Waals surface area contributed by atoms with Crippen LogP contribution in [-0.2, 0) is 5.75 Å². The zero-order valence-corrected chi connectivity index (χ0v) is 9.96. The first-order chi connectivity index (χ1) is 6.15. The molecule has 1 heterocycles. The third-order valence-electron chi connectivity index (χ3n) is 1.52. The molecular formula is C8H11BrN2OS. The van der Waals surface area contributed by atoms with Crippen LogP contribution in [0, 0.1) is 6.92 Å². The molecule has 0 aromatic carbocycles. The lowest BCUT2D eigenvalue weighted by Crippen LogP contribution is -2.13. The minimum Gasteiger partial charge on any atom is -0.309 e. The predicted molar refractivity (Wildman–Crippen MR) is 59.1 cm³/mol. The lowest BCUT2D eigenvalue weighted by atomic mass is 10.4. The number of thioether (sulfide) groups is 1. The van der Waals surface area contributed by atoms with Gasteiger partial charge in [0, 0.05) is 0 Å². The zero-order chi connectivity index (χ0) is 9.84. The lowest BCUT2D eigenvalue weighted by Gasteiger charge is -2.01. The van der Waals surface area contributed by atoms with Crippen molar-refractivity contribution in [3.05, 3.63) is 26.3 Å². The van der Waals surface area contributed by atoms with Crippen molar-refractivity contribution in [3.8, 4) is 0 Å². The maximum Gasteiger partial charge on any atom is 0.265 e. The van der Waals surface area contributed by atoms with Crippen LogP contribution < -0.4 is 5.56 Å². The van der Waals surface area contributed by atoms with Crippen LogP contribution in [0.3, 0.4) is 0 Å². The van der Waals surface area contributed by atoms with Crippen LogP contribution in [0.15, 0.2) is 9.27 Å². The number of H-pyrrole nitrogens is 1. The second-order valence-corrected chi connectivity index (χ2v) is 4.62. The van der Waals surface area contributed by atoms with Gasteiger partial charge in [0.15, 0.2) is 0 Å². The van der Waals surface area contributed by atoms with Crippen LogP contribution in [-0.4, -0.2) is 15.7 Å². The van der Waals surface area contributed by atoms with Gasteiger partial charge in [0.1, 0.15) is 10.3 Å². The third kappa shape index (κ3) is 2.84. The Morgan fingerprint density at radius 3 is 2.85 bits per heavy atom. The number of hydrogen-bond donors (Lipinski definition) is 1. The summed E-state index contributed by atoms with van der Waals surface area (Å²) in [5, 5.41) is 0. The number of aromatic nitrogens is 2. The van der Waals surface area contributed by atoms with Gasteiger partial charge in [0.05, 0.1) is 11.4 Å². The van der Waals surface area contributed by atoms with Crippen molar-refractivity contribution in [2.24, 2.45) is 0 Å². The number of nitrogens with zero attached hydrogens (tertiary/aromatic N) is 1. The molecule has 0 spiro atoms. The number of rotatable bonds is 3. The topological polar surface area (TPSA) is 45.8 Å². The van der Waals surface area contributed by atoms with E-state index in [2.05, 4.69) is 32.8 Å². The molecule has 13 heavy (non-hydrogen) atoms. The summed E-state index contributed by atoms with van der Waals surface area (Å²) in [6.07, 6.45) is 0. The fraction of sp³-hybridized carbons (Fsp3) is 0.500. The Morgan fingerprint density at radius 2 is 2.31 bits per heavy atom. The maximum atomic E-state index is 11.3. The van der Waals surface area contributed by atoms with Gasteiger partial charge in [-0.3, -0.25) is 4.79 Å². The number of nitrogens with one attached hydrogen (secondary N) is 1. The zero-order valence-electron chi connectivity index (χ0n) is 7.56. The normalized spacial score (nSPS) is 10.4. The Hall–Kier alpha value is -0.290. The van der Waals surface area contributed by atoms with E-state index in [0.717, 1.165) is 23.0 Å². The van der Waals surface area contributed by atoms with Crippen molar-refractivity contribution in [3.63, 3.8) is 0 Å². The molecule has 3 nitrogen and oxygen atoms in total. The van der Waals surface area contributed by atoms with Crippen molar-refractivity contribution in [1.29, 1.82) is 0 Å². The Morgan fingerprint density at radius 1 is 1.62 bits per heavy atom. The van der Waals surface area contributed by atoms with E-state index in [1.54, 1.807) is 11.8 Å². The highest BCUT2D eigenvalue weighted by Gasteiger charge is 2.03. The molecule has 5 heteroatoms. The van der Waals surface area contributed by atoms with Crippen molar-refractivity contribution >= 4 is 27.7 Å². The highest BCUT2D eigenvalue weighted by atomic mass is 79.9. The van der Waals surface area contributed by atoms with E-state index in [-0.39, 0.29) is 5.56 Å². The SMILES string of the molecule is CCSCc1nc(C)c(Br)c(=O)[nH]1. The van der Waals surface area contributed by atoms with E-state index in [9.17, 15) is 4.79 Å². The van der Waals surface area contributed by atoms with Gasteiger partial charge in [-0.15, -0.1) is 0 Å². The average Bonchev–Trinajstić information content (AvgIpc) is 2.10. The highest BCUT2D eigenvalue weighted by Crippen LogP contribution is 2.10. The van der Waals surface area contributed by atoms with E-state index in [1.165, 1.54) is 0 Å². The standard InChI is InChI=1S/C8H11BrN2OS/c1-3-13-4-6-10-5(2)7(9)8(12)11-6/h3-4H2,1-2H3,(H,10,11,12). The molecule has 0 radical (unpaired) electrons. The Labute approximate surface area is 89.5 Å². The first-order valence-electron chi connectivity index (χ1n) is 3.98. The summed E-state index contributed by atoms with van der Waals surface area (Å²) >= 11 is 4.90. The van der Waals surface area contributed by atoms with Crippen molar-refractivity contribution in [1.82, 2.24) is 9.97 Å². The maximum absolute atomic E-state index is 11.3. The number of halogens is 1. The molecule has 0 unspecified atom stereocenters. The van der Waals surface area contributed by atoms with Crippen LogP contribution in [0.2, 0.25) is 0 Å². The molecule has 0 saturated carbocycles. The second-order valence-electron chi connectivity index (χ2n) is 2.55. The van der Waals surface area contributed by atoms with Gasteiger partial charge in [-0.1, -0.05) is 6.92 Å². The molecule has 1 N–H and O–H groups in total. The minimum absolute atomic E-state index is 0.0980. The highest BCUT2D eigenvalue weighted by molar-refractivity contribution is 9.10. The predicted octanol–water partition coefficient (Wildman–Crippen LogP) is 2.09. The molecular weight excluding hydrogens is 252 g/mol. The average molecular weight is 263 g/mol. The molecule has 1 aromatic rings. The van der Waals surface area contributed by atoms with E-state index in [4.69, 9.17) is 0 Å². The molecule has 1 aromatic heterocycles.